The number of carbonyl (C=O) groups is 2. The molecule has 10 heteroatoms. The maximum atomic E-state index is 13.1. The standard InChI is InChI=1S/C25H26N6O4/c1-5-31-12-17(21(32)16-11-10-14(4)26-22(16)31)23(33)28-19(13(2)3)25(35)30-29-20-15-8-6-7-9-18(15)27-24(20)34/h6-13,19,27,34H,5H2,1-4H3,(H,28,33). The van der Waals surface area contributed by atoms with Gasteiger partial charge in [0.05, 0.1) is 10.9 Å². The number of nitrogens with one attached hydrogen (secondary N) is 2. The van der Waals surface area contributed by atoms with Gasteiger partial charge in [-0.25, -0.2) is 4.98 Å². The fraction of sp³-hybridized carbons (Fsp3) is 0.280. The summed E-state index contributed by atoms with van der Waals surface area (Å²) in [6.07, 6.45) is 1.46. The minimum absolute atomic E-state index is 0.0883. The zero-order valence-corrected chi connectivity index (χ0v) is 19.9. The molecule has 1 aromatic carbocycles. The van der Waals surface area contributed by atoms with Crippen molar-refractivity contribution in [2.75, 3.05) is 0 Å². The molecule has 3 aromatic heterocycles. The molecule has 3 heterocycles. The zero-order chi connectivity index (χ0) is 25.3. The number of H-pyrrole nitrogens is 1. The van der Waals surface area contributed by atoms with Gasteiger partial charge in [0.25, 0.3) is 11.8 Å². The van der Waals surface area contributed by atoms with Crippen molar-refractivity contribution in [3.05, 3.63) is 64.1 Å². The predicted molar refractivity (Wildman–Crippen MR) is 132 cm³/mol. The number of pyridine rings is 2. The molecule has 0 fully saturated rings. The van der Waals surface area contributed by atoms with E-state index in [4.69, 9.17) is 0 Å². The van der Waals surface area contributed by atoms with Crippen molar-refractivity contribution in [3.8, 4) is 5.88 Å². The predicted octanol–water partition coefficient (Wildman–Crippen LogP) is 3.98. The van der Waals surface area contributed by atoms with E-state index in [2.05, 4.69) is 25.5 Å². The molecule has 0 saturated carbocycles. The number of nitrogens with zero attached hydrogens (tertiary/aromatic N) is 4. The van der Waals surface area contributed by atoms with E-state index in [9.17, 15) is 19.5 Å². The first-order valence-electron chi connectivity index (χ1n) is 11.3. The summed E-state index contributed by atoms with van der Waals surface area (Å²) in [4.78, 5) is 46.2. The van der Waals surface area contributed by atoms with E-state index in [0.717, 1.165) is 5.69 Å². The average molecular weight is 475 g/mol. The fourth-order valence-corrected chi connectivity index (χ4v) is 3.87. The molecule has 0 radical (unpaired) electrons. The molecule has 0 spiro atoms. The van der Waals surface area contributed by atoms with Gasteiger partial charge in [0.2, 0.25) is 11.3 Å². The summed E-state index contributed by atoms with van der Waals surface area (Å²) in [6, 6.07) is 9.40. The van der Waals surface area contributed by atoms with Crippen LogP contribution in [0.2, 0.25) is 0 Å². The molecule has 4 aromatic rings. The number of amides is 2. The molecule has 0 saturated heterocycles. The number of aromatic hydroxyl groups is 1. The SMILES string of the molecule is CCn1cc(C(=O)NC(C(=O)N=Nc2c(O)[nH]c3ccccc23)C(C)C)c(=O)c2ccc(C)nc21. The number of hydrogen-bond acceptors (Lipinski definition) is 6. The van der Waals surface area contributed by atoms with Gasteiger partial charge in [-0.2, -0.15) is 0 Å². The van der Waals surface area contributed by atoms with Crippen LogP contribution in [-0.4, -0.2) is 37.5 Å². The van der Waals surface area contributed by atoms with Crippen LogP contribution in [0.3, 0.4) is 0 Å². The topological polar surface area (TPSA) is 142 Å². The van der Waals surface area contributed by atoms with Crippen molar-refractivity contribution in [2.24, 2.45) is 16.1 Å². The van der Waals surface area contributed by atoms with Gasteiger partial charge in [-0.15, -0.1) is 10.2 Å². The van der Waals surface area contributed by atoms with E-state index in [1.165, 1.54) is 6.20 Å². The van der Waals surface area contributed by atoms with Crippen molar-refractivity contribution in [1.82, 2.24) is 19.9 Å². The Bertz CT molecular complexity index is 1530. The molecule has 0 aliphatic rings. The zero-order valence-electron chi connectivity index (χ0n) is 19.9. The molecule has 1 atom stereocenters. The quantitative estimate of drug-likeness (QED) is 0.362. The minimum atomic E-state index is -1.03. The maximum Gasteiger partial charge on any atom is 0.287 e. The van der Waals surface area contributed by atoms with Gasteiger partial charge >= 0.3 is 0 Å². The van der Waals surface area contributed by atoms with Crippen LogP contribution < -0.4 is 10.7 Å². The normalized spacial score (nSPS) is 12.6. The van der Waals surface area contributed by atoms with Gasteiger partial charge in [0, 0.05) is 23.8 Å². The third-order valence-electron chi connectivity index (χ3n) is 5.77. The number of azo groups is 1. The van der Waals surface area contributed by atoms with Crippen molar-refractivity contribution < 1.29 is 14.7 Å². The molecule has 180 valence electrons. The smallest absolute Gasteiger partial charge is 0.287 e. The molecular weight excluding hydrogens is 448 g/mol. The summed E-state index contributed by atoms with van der Waals surface area (Å²) < 4.78 is 1.73. The molecule has 3 N–H and O–H groups in total. The first-order chi connectivity index (χ1) is 16.7. The highest BCUT2D eigenvalue weighted by atomic mass is 16.3. The second-order valence-corrected chi connectivity index (χ2v) is 8.58. The van der Waals surface area contributed by atoms with Crippen molar-refractivity contribution >= 4 is 39.4 Å². The Labute approximate surface area is 200 Å². The lowest BCUT2D eigenvalue weighted by Crippen LogP contribution is -2.45. The van der Waals surface area contributed by atoms with Crippen LogP contribution in [0.1, 0.15) is 36.8 Å². The van der Waals surface area contributed by atoms with Gasteiger partial charge in [0.15, 0.2) is 5.69 Å². The van der Waals surface area contributed by atoms with Gasteiger partial charge in [0.1, 0.15) is 17.3 Å². The molecule has 10 nitrogen and oxygen atoms in total. The number of carbonyl (C=O) groups excluding carboxylic acids is 2. The summed E-state index contributed by atoms with van der Waals surface area (Å²) in [5.74, 6) is -1.93. The van der Waals surface area contributed by atoms with E-state index in [1.807, 2.05) is 13.8 Å². The first-order valence-corrected chi connectivity index (χ1v) is 11.3. The van der Waals surface area contributed by atoms with Crippen molar-refractivity contribution in [2.45, 2.75) is 40.3 Å². The summed E-state index contributed by atoms with van der Waals surface area (Å²) >= 11 is 0. The highest BCUT2D eigenvalue weighted by Gasteiger charge is 2.27. The number of hydrogen-bond donors (Lipinski definition) is 3. The molecule has 0 aliphatic heterocycles. The Balaban J connectivity index is 1.63. The maximum absolute atomic E-state index is 13.1. The van der Waals surface area contributed by atoms with E-state index in [1.54, 1.807) is 54.8 Å². The minimum Gasteiger partial charge on any atom is -0.493 e. The lowest BCUT2D eigenvalue weighted by molar-refractivity contribution is -0.121. The highest BCUT2D eigenvalue weighted by Crippen LogP contribution is 2.35. The molecule has 4 rings (SSSR count). The van der Waals surface area contributed by atoms with Crippen LogP contribution in [0.4, 0.5) is 5.69 Å². The third-order valence-corrected chi connectivity index (χ3v) is 5.77. The number of benzene rings is 1. The molecular formula is C25H26N6O4. The molecule has 0 bridgehead atoms. The Hall–Kier alpha value is -4.34. The molecule has 2 amide bonds. The second kappa shape index (κ2) is 9.49. The van der Waals surface area contributed by atoms with E-state index in [0.29, 0.717) is 28.5 Å². The first kappa shape index (κ1) is 23.8. The average Bonchev–Trinajstić information content (AvgIpc) is 3.15. The third kappa shape index (κ3) is 4.54. The second-order valence-electron chi connectivity index (χ2n) is 8.58. The highest BCUT2D eigenvalue weighted by molar-refractivity contribution is 6.00. The number of rotatable bonds is 6. The molecule has 35 heavy (non-hydrogen) atoms. The largest absolute Gasteiger partial charge is 0.493 e. The fourth-order valence-electron chi connectivity index (χ4n) is 3.87. The van der Waals surface area contributed by atoms with Gasteiger partial charge in [-0.3, -0.25) is 14.4 Å². The van der Waals surface area contributed by atoms with Gasteiger partial charge in [-0.05, 0) is 38.0 Å². The van der Waals surface area contributed by atoms with Gasteiger partial charge in [-0.1, -0.05) is 32.0 Å². The molecule has 0 aliphatic carbocycles. The lowest BCUT2D eigenvalue weighted by atomic mass is 10.0. The Morgan fingerprint density at radius 3 is 2.63 bits per heavy atom. The Morgan fingerprint density at radius 2 is 1.91 bits per heavy atom. The lowest BCUT2D eigenvalue weighted by Gasteiger charge is -2.19. The monoisotopic (exact) mass is 474 g/mol. The van der Waals surface area contributed by atoms with Crippen molar-refractivity contribution in [3.63, 3.8) is 0 Å². The van der Waals surface area contributed by atoms with Crippen LogP contribution in [0.5, 0.6) is 5.88 Å². The van der Waals surface area contributed by atoms with Crippen LogP contribution in [0, 0.1) is 12.8 Å². The van der Waals surface area contributed by atoms with Gasteiger partial charge < -0.3 is 20.0 Å². The Kier molecular flexibility index (Phi) is 6.46. The summed E-state index contributed by atoms with van der Waals surface area (Å²) in [6.45, 7) is 7.71. The van der Waals surface area contributed by atoms with E-state index < -0.39 is 23.3 Å². The molecule has 1 unspecified atom stereocenters. The summed E-state index contributed by atoms with van der Waals surface area (Å²) in [5.41, 5.74) is 1.48. The number of aryl methyl sites for hydroxylation is 2. The van der Waals surface area contributed by atoms with Crippen LogP contribution in [-0.2, 0) is 11.3 Å². The van der Waals surface area contributed by atoms with E-state index >= 15 is 0 Å². The van der Waals surface area contributed by atoms with Crippen LogP contribution in [0.15, 0.2) is 57.6 Å². The summed E-state index contributed by atoms with van der Waals surface area (Å²) in [7, 11) is 0. The number of para-hydroxylation sites is 1. The Morgan fingerprint density at radius 1 is 1.17 bits per heavy atom. The summed E-state index contributed by atoms with van der Waals surface area (Å²) in [5, 5.41) is 21.4. The number of fused-ring (bicyclic) bond motifs is 2. The van der Waals surface area contributed by atoms with Crippen molar-refractivity contribution in [1.29, 1.82) is 0 Å². The number of aromatic amines is 1. The van der Waals surface area contributed by atoms with Crippen LogP contribution in [0.25, 0.3) is 21.9 Å². The van der Waals surface area contributed by atoms with E-state index in [-0.39, 0.29) is 23.0 Å². The van der Waals surface area contributed by atoms with Crippen LogP contribution >= 0.6 is 0 Å². The number of aromatic nitrogens is 3.